The second-order valence-electron chi connectivity index (χ2n) is 7.54. The van der Waals surface area contributed by atoms with Gasteiger partial charge in [0.25, 0.3) is 0 Å². The maximum atomic E-state index is 14.1. The highest BCUT2D eigenvalue weighted by atomic mass is 19.1. The number of nitrogens with one attached hydrogen (secondary N) is 1. The number of quaternary nitrogens is 1. The molecular weight excluding hydrogens is 373 g/mol. The highest BCUT2D eigenvalue weighted by molar-refractivity contribution is 5.27. The maximum Gasteiger partial charge on any atom is 0.206 e. The Kier molecular flexibility index (Phi) is 5.55. The molecule has 152 valence electrons. The first-order valence-corrected chi connectivity index (χ1v) is 9.76. The summed E-state index contributed by atoms with van der Waals surface area (Å²) in [5.41, 5.74) is 0.370. The molecular formula is C21H25FN5O2+. The molecule has 0 saturated carbocycles. The predicted molar refractivity (Wildman–Crippen MR) is 104 cm³/mol. The average molecular weight is 398 g/mol. The molecule has 1 aromatic heterocycles. The minimum absolute atomic E-state index is 0.345. The van der Waals surface area contributed by atoms with E-state index in [1.54, 1.807) is 30.0 Å². The topological polar surface area (TPSA) is 77.5 Å². The number of ether oxygens (including phenoxy) is 1. The molecule has 0 atom stereocenters. The van der Waals surface area contributed by atoms with E-state index in [2.05, 4.69) is 15.5 Å². The molecule has 0 radical (unpaired) electrons. The number of benzene rings is 2. The number of tetrazole rings is 1. The summed E-state index contributed by atoms with van der Waals surface area (Å²) < 4.78 is 21.1. The molecule has 2 aromatic carbocycles. The first-order valence-electron chi connectivity index (χ1n) is 9.76. The van der Waals surface area contributed by atoms with Gasteiger partial charge in [0, 0.05) is 18.4 Å². The van der Waals surface area contributed by atoms with Gasteiger partial charge in [-0.3, -0.25) is 0 Å². The molecule has 8 heteroatoms. The van der Waals surface area contributed by atoms with Crippen molar-refractivity contribution < 1.29 is 19.1 Å². The number of aromatic nitrogens is 4. The molecule has 29 heavy (non-hydrogen) atoms. The largest absolute Gasteiger partial charge is 0.497 e. The van der Waals surface area contributed by atoms with Crippen molar-refractivity contribution in [3.8, 4) is 5.75 Å². The molecule has 0 spiro atoms. The number of halogens is 1. The molecule has 0 amide bonds. The summed E-state index contributed by atoms with van der Waals surface area (Å²) in [7, 11) is 1.64. The van der Waals surface area contributed by atoms with Crippen molar-refractivity contribution in [3.05, 3.63) is 71.3 Å². The molecule has 2 heterocycles. The van der Waals surface area contributed by atoms with Gasteiger partial charge in [-0.25, -0.2) is 9.07 Å². The smallest absolute Gasteiger partial charge is 0.206 e. The van der Waals surface area contributed by atoms with Crippen LogP contribution in [0.2, 0.25) is 0 Å². The van der Waals surface area contributed by atoms with Crippen LogP contribution in [0.25, 0.3) is 0 Å². The number of aliphatic hydroxyl groups is 1. The Morgan fingerprint density at radius 3 is 2.55 bits per heavy atom. The van der Waals surface area contributed by atoms with Gasteiger partial charge in [0.15, 0.2) is 0 Å². The van der Waals surface area contributed by atoms with Gasteiger partial charge < -0.3 is 14.7 Å². The summed E-state index contributed by atoms with van der Waals surface area (Å²) in [6.45, 7) is 2.69. The lowest BCUT2D eigenvalue weighted by atomic mass is 9.84. The highest BCUT2D eigenvalue weighted by Crippen LogP contribution is 2.31. The van der Waals surface area contributed by atoms with E-state index in [4.69, 9.17) is 4.74 Å². The Labute approximate surface area is 168 Å². The second-order valence-corrected chi connectivity index (χ2v) is 7.54. The Morgan fingerprint density at radius 1 is 1.14 bits per heavy atom. The third kappa shape index (κ3) is 4.28. The highest BCUT2D eigenvalue weighted by Gasteiger charge is 2.38. The molecule has 1 saturated heterocycles. The SMILES string of the molecule is COc1ccc(Cn2nnnc2C[NH+]2CCC(O)(c3ccccc3F)CC2)cc1. The fourth-order valence-corrected chi connectivity index (χ4v) is 3.90. The molecule has 2 N–H and O–H groups in total. The van der Waals surface area contributed by atoms with Gasteiger partial charge in [0.1, 0.15) is 23.7 Å². The zero-order chi connectivity index (χ0) is 20.3. The maximum absolute atomic E-state index is 14.1. The van der Waals surface area contributed by atoms with E-state index in [9.17, 15) is 9.50 Å². The van der Waals surface area contributed by atoms with Crippen LogP contribution in [0, 0.1) is 5.82 Å². The monoisotopic (exact) mass is 398 g/mol. The minimum Gasteiger partial charge on any atom is -0.497 e. The number of nitrogens with zero attached hydrogens (tertiary/aromatic N) is 4. The van der Waals surface area contributed by atoms with E-state index in [0.29, 0.717) is 31.5 Å². The lowest BCUT2D eigenvalue weighted by molar-refractivity contribution is -0.922. The van der Waals surface area contributed by atoms with Gasteiger partial charge in [-0.05, 0) is 34.2 Å². The molecule has 7 nitrogen and oxygen atoms in total. The average Bonchev–Trinajstić information content (AvgIpc) is 3.17. The van der Waals surface area contributed by atoms with E-state index < -0.39 is 5.60 Å². The van der Waals surface area contributed by atoms with Crippen molar-refractivity contribution in [1.29, 1.82) is 0 Å². The van der Waals surface area contributed by atoms with Crippen LogP contribution in [0.4, 0.5) is 4.39 Å². The standard InChI is InChI=1S/C21H24FN5O2/c1-29-17-8-6-16(7-9-17)14-27-20(23-24-25-27)15-26-12-10-21(28,11-13-26)18-4-2-3-5-19(18)22/h2-9,28H,10-15H2,1H3/p+1. The van der Waals surface area contributed by atoms with Crippen LogP contribution < -0.4 is 9.64 Å². The Bertz CT molecular complexity index is 952. The third-order valence-corrected chi connectivity index (χ3v) is 5.67. The summed E-state index contributed by atoms with van der Waals surface area (Å²) in [6, 6.07) is 14.3. The summed E-state index contributed by atoms with van der Waals surface area (Å²) >= 11 is 0. The molecule has 0 bridgehead atoms. The van der Waals surface area contributed by atoms with Gasteiger partial charge in [-0.15, -0.1) is 5.10 Å². The number of likely N-dealkylation sites (tertiary alicyclic amines) is 1. The quantitative estimate of drug-likeness (QED) is 0.646. The number of hydrogen-bond acceptors (Lipinski definition) is 5. The minimum atomic E-state index is -1.11. The fraction of sp³-hybridized carbons (Fsp3) is 0.381. The van der Waals surface area contributed by atoms with Crippen molar-refractivity contribution in [2.75, 3.05) is 20.2 Å². The van der Waals surface area contributed by atoms with Crippen LogP contribution >= 0.6 is 0 Å². The predicted octanol–water partition coefficient (Wildman–Crippen LogP) is 0.936. The van der Waals surface area contributed by atoms with Gasteiger partial charge in [-0.2, -0.15) is 0 Å². The number of hydrogen-bond donors (Lipinski definition) is 2. The van der Waals surface area contributed by atoms with E-state index in [1.165, 1.54) is 11.0 Å². The van der Waals surface area contributed by atoms with Crippen molar-refractivity contribution >= 4 is 0 Å². The fourth-order valence-electron chi connectivity index (χ4n) is 3.90. The third-order valence-electron chi connectivity index (χ3n) is 5.67. The van der Waals surface area contributed by atoms with Crippen LogP contribution in [-0.4, -0.2) is 45.5 Å². The molecule has 1 aliphatic rings. The van der Waals surface area contributed by atoms with Gasteiger partial charge in [-0.1, -0.05) is 30.3 Å². The lowest BCUT2D eigenvalue weighted by Gasteiger charge is -2.36. The van der Waals surface area contributed by atoms with Crippen molar-refractivity contribution in [2.24, 2.45) is 0 Å². The van der Waals surface area contributed by atoms with Crippen LogP contribution in [0.5, 0.6) is 5.75 Å². The first kappa shape index (κ1) is 19.5. The van der Waals surface area contributed by atoms with Crippen LogP contribution in [0.1, 0.15) is 29.8 Å². The molecule has 1 aliphatic heterocycles. The number of piperidine rings is 1. The van der Waals surface area contributed by atoms with E-state index in [-0.39, 0.29) is 5.82 Å². The van der Waals surface area contributed by atoms with Crippen LogP contribution in [0.3, 0.4) is 0 Å². The molecule has 0 aliphatic carbocycles. The Morgan fingerprint density at radius 2 is 1.86 bits per heavy atom. The van der Waals surface area contributed by atoms with Gasteiger partial charge in [0.2, 0.25) is 5.82 Å². The van der Waals surface area contributed by atoms with E-state index in [1.807, 2.05) is 24.3 Å². The van der Waals surface area contributed by atoms with Gasteiger partial charge >= 0.3 is 0 Å². The summed E-state index contributed by atoms with van der Waals surface area (Å²) in [5.74, 6) is 1.26. The molecule has 4 rings (SSSR count). The van der Waals surface area contributed by atoms with Gasteiger partial charge in [0.05, 0.1) is 26.7 Å². The molecule has 0 unspecified atom stereocenters. The first-order chi connectivity index (χ1) is 14.1. The summed E-state index contributed by atoms with van der Waals surface area (Å²) in [4.78, 5) is 1.27. The molecule has 3 aromatic rings. The zero-order valence-electron chi connectivity index (χ0n) is 16.4. The molecule has 1 fully saturated rings. The second kappa shape index (κ2) is 8.26. The lowest BCUT2D eigenvalue weighted by Crippen LogP contribution is -3.12. The van der Waals surface area contributed by atoms with Crippen LogP contribution in [-0.2, 0) is 18.7 Å². The van der Waals surface area contributed by atoms with Crippen molar-refractivity contribution in [1.82, 2.24) is 20.2 Å². The van der Waals surface area contributed by atoms with Crippen molar-refractivity contribution in [3.63, 3.8) is 0 Å². The number of rotatable bonds is 6. The number of methoxy groups -OCH3 is 1. The van der Waals surface area contributed by atoms with Crippen molar-refractivity contribution in [2.45, 2.75) is 31.5 Å². The summed E-state index contributed by atoms with van der Waals surface area (Å²) in [5, 5.41) is 23.1. The van der Waals surface area contributed by atoms with Crippen LogP contribution in [0.15, 0.2) is 48.5 Å². The van der Waals surface area contributed by atoms with E-state index >= 15 is 0 Å². The normalized spacial score (nSPS) is 21.8. The Hall–Kier alpha value is -2.84. The van der Waals surface area contributed by atoms with E-state index in [0.717, 1.165) is 30.2 Å². The summed E-state index contributed by atoms with van der Waals surface area (Å²) in [6.07, 6.45) is 1.01. The Balaban J connectivity index is 1.39. The zero-order valence-corrected chi connectivity index (χ0v) is 16.4.